The van der Waals surface area contributed by atoms with Crippen LogP contribution in [0, 0.1) is 0 Å². The monoisotopic (exact) mass is 382 g/mol. The zero-order valence-electron chi connectivity index (χ0n) is 16.0. The summed E-state index contributed by atoms with van der Waals surface area (Å²) in [5.74, 6) is 0.444. The highest BCUT2D eigenvalue weighted by Crippen LogP contribution is 2.24. The van der Waals surface area contributed by atoms with Gasteiger partial charge in [-0.05, 0) is 23.3 Å². The van der Waals surface area contributed by atoms with Gasteiger partial charge in [-0.2, -0.15) is 0 Å². The van der Waals surface area contributed by atoms with E-state index in [1.54, 1.807) is 12.4 Å². The molecule has 0 fully saturated rings. The van der Waals surface area contributed by atoms with Crippen LogP contribution in [-0.4, -0.2) is 27.0 Å². The fraction of sp³-hybridized carbons (Fsp3) is 0.125. The molecule has 0 aliphatic rings. The smallest absolute Gasteiger partial charge is 0.232 e. The minimum Gasteiger partial charge on any atom is -0.353 e. The van der Waals surface area contributed by atoms with Crippen LogP contribution in [0.2, 0.25) is 0 Å². The number of pyridine rings is 1. The van der Waals surface area contributed by atoms with Crippen molar-refractivity contribution in [3.63, 3.8) is 0 Å². The summed E-state index contributed by atoms with van der Waals surface area (Å²) in [5.41, 5.74) is 2.77. The fourth-order valence-corrected chi connectivity index (χ4v) is 3.41. The highest BCUT2D eigenvalue weighted by molar-refractivity contribution is 5.87. The topological polar surface area (TPSA) is 59.8 Å². The number of aromatic nitrogens is 3. The summed E-state index contributed by atoms with van der Waals surface area (Å²) in [6.45, 7) is 1.12. The van der Waals surface area contributed by atoms with Crippen LogP contribution in [0.5, 0.6) is 0 Å². The van der Waals surface area contributed by atoms with Gasteiger partial charge in [0.2, 0.25) is 5.91 Å². The van der Waals surface area contributed by atoms with Gasteiger partial charge in [0.25, 0.3) is 0 Å². The van der Waals surface area contributed by atoms with Gasteiger partial charge in [0, 0.05) is 31.7 Å². The van der Waals surface area contributed by atoms with E-state index in [-0.39, 0.29) is 11.8 Å². The van der Waals surface area contributed by atoms with Crippen LogP contribution in [0.4, 0.5) is 0 Å². The lowest BCUT2D eigenvalue weighted by molar-refractivity contribution is -0.121. The molecule has 0 aliphatic heterocycles. The van der Waals surface area contributed by atoms with Crippen molar-refractivity contribution in [2.45, 2.75) is 12.5 Å². The first-order valence-corrected chi connectivity index (χ1v) is 9.63. The molecule has 0 spiro atoms. The number of nitrogens with one attached hydrogen (secondary N) is 1. The Hall–Kier alpha value is -3.73. The summed E-state index contributed by atoms with van der Waals surface area (Å²) in [6.07, 6.45) is 5.41. The van der Waals surface area contributed by atoms with Crippen molar-refractivity contribution in [3.05, 3.63) is 109 Å². The highest BCUT2D eigenvalue weighted by Gasteiger charge is 2.22. The maximum Gasteiger partial charge on any atom is 0.232 e. The first-order chi connectivity index (χ1) is 14.3. The molecule has 5 nitrogen and oxygen atoms in total. The highest BCUT2D eigenvalue weighted by atomic mass is 16.1. The quantitative estimate of drug-likeness (QED) is 0.527. The van der Waals surface area contributed by atoms with E-state index in [0.29, 0.717) is 13.1 Å². The summed E-state index contributed by atoms with van der Waals surface area (Å²) in [7, 11) is 0. The van der Waals surface area contributed by atoms with Gasteiger partial charge in [0.15, 0.2) is 5.82 Å². The molecule has 0 unspecified atom stereocenters. The van der Waals surface area contributed by atoms with E-state index in [4.69, 9.17) is 0 Å². The van der Waals surface area contributed by atoms with Crippen molar-refractivity contribution in [2.75, 3.05) is 6.54 Å². The molecule has 0 aliphatic carbocycles. The predicted molar refractivity (Wildman–Crippen MR) is 113 cm³/mol. The summed E-state index contributed by atoms with van der Waals surface area (Å²) >= 11 is 0. The standard InChI is InChI=1S/C24H22N4O/c29-24(22(19-9-3-1-4-10-19)20-11-5-2-6-12-20)27-16-18-28-17-15-26-23(28)21-13-7-8-14-25-21/h1-15,17,22H,16,18H2,(H,27,29). The molecule has 0 bridgehead atoms. The minimum absolute atomic E-state index is 0.0121. The van der Waals surface area contributed by atoms with Crippen molar-refractivity contribution in [2.24, 2.45) is 0 Å². The SMILES string of the molecule is O=C(NCCn1ccnc1-c1ccccn1)C(c1ccccc1)c1ccccc1. The average molecular weight is 382 g/mol. The maximum absolute atomic E-state index is 13.1. The van der Waals surface area contributed by atoms with E-state index in [0.717, 1.165) is 22.6 Å². The molecule has 2 heterocycles. The second-order valence-corrected chi connectivity index (χ2v) is 6.70. The summed E-state index contributed by atoms with van der Waals surface area (Å²) in [4.78, 5) is 21.8. The maximum atomic E-state index is 13.1. The minimum atomic E-state index is -0.338. The molecule has 144 valence electrons. The third kappa shape index (κ3) is 4.41. The largest absolute Gasteiger partial charge is 0.353 e. The lowest BCUT2D eigenvalue weighted by Gasteiger charge is -2.18. The summed E-state index contributed by atoms with van der Waals surface area (Å²) < 4.78 is 2.00. The van der Waals surface area contributed by atoms with Crippen molar-refractivity contribution in [3.8, 4) is 11.5 Å². The fourth-order valence-electron chi connectivity index (χ4n) is 3.41. The Bertz CT molecular complexity index is 1010. The van der Waals surface area contributed by atoms with Crippen molar-refractivity contribution in [1.82, 2.24) is 19.9 Å². The first-order valence-electron chi connectivity index (χ1n) is 9.63. The zero-order valence-corrected chi connectivity index (χ0v) is 16.0. The van der Waals surface area contributed by atoms with Gasteiger partial charge in [-0.15, -0.1) is 0 Å². The molecule has 1 amide bonds. The third-order valence-electron chi connectivity index (χ3n) is 4.79. The molecule has 2 aromatic carbocycles. The Morgan fingerprint density at radius 2 is 1.48 bits per heavy atom. The molecule has 2 aromatic heterocycles. The van der Waals surface area contributed by atoms with Crippen LogP contribution in [0.1, 0.15) is 17.0 Å². The van der Waals surface area contributed by atoms with Gasteiger partial charge in [0.05, 0.1) is 5.92 Å². The Balaban J connectivity index is 1.47. The Kier molecular flexibility index (Phi) is 5.76. The van der Waals surface area contributed by atoms with Gasteiger partial charge in [-0.3, -0.25) is 9.78 Å². The van der Waals surface area contributed by atoms with Gasteiger partial charge in [-0.25, -0.2) is 4.98 Å². The molecular weight excluding hydrogens is 360 g/mol. The van der Waals surface area contributed by atoms with Crippen LogP contribution >= 0.6 is 0 Å². The number of nitrogens with zero attached hydrogens (tertiary/aromatic N) is 3. The predicted octanol–water partition coefficient (Wildman–Crippen LogP) is 3.89. The lowest BCUT2D eigenvalue weighted by Crippen LogP contribution is -2.32. The molecule has 5 heteroatoms. The van der Waals surface area contributed by atoms with Crippen LogP contribution in [0.3, 0.4) is 0 Å². The van der Waals surface area contributed by atoms with E-state index < -0.39 is 0 Å². The third-order valence-corrected chi connectivity index (χ3v) is 4.79. The average Bonchev–Trinajstić information content (AvgIpc) is 3.25. The van der Waals surface area contributed by atoms with Gasteiger partial charge >= 0.3 is 0 Å². The van der Waals surface area contributed by atoms with Crippen LogP contribution in [-0.2, 0) is 11.3 Å². The molecule has 4 rings (SSSR count). The molecule has 29 heavy (non-hydrogen) atoms. The number of carbonyl (C=O) groups excluding carboxylic acids is 1. The Labute approximate surface area is 170 Å². The van der Waals surface area contributed by atoms with Crippen molar-refractivity contribution >= 4 is 5.91 Å². The van der Waals surface area contributed by atoms with Crippen LogP contribution in [0.25, 0.3) is 11.5 Å². The van der Waals surface area contributed by atoms with E-state index in [1.165, 1.54) is 0 Å². The lowest BCUT2D eigenvalue weighted by atomic mass is 9.90. The molecule has 0 radical (unpaired) electrons. The van der Waals surface area contributed by atoms with Gasteiger partial charge in [-0.1, -0.05) is 66.7 Å². The number of amides is 1. The van der Waals surface area contributed by atoms with Crippen molar-refractivity contribution < 1.29 is 4.79 Å². The molecule has 1 N–H and O–H groups in total. The molecule has 0 saturated carbocycles. The normalized spacial score (nSPS) is 10.8. The number of carbonyl (C=O) groups is 1. The number of hydrogen-bond donors (Lipinski definition) is 1. The molecular formula is C24H22N4O. The van der Waals surface area contributed by atoms with Gasteiger partial charge < -0.3 is 9.88 Å². The first kappa shape index (κ1) is 18.6. The number of benzene rings is 2. The molecule has 4 aromatic rings. The van der Waals surface area contributed by atoms with Gasteiger partial charge in [0.1, 0.15) is 5.69 Å². The van der Waals surface area contributed by atoms with Crippen LogP contribution < -0.4 is 5.32 Å². The second kappa shape index (κ2) is 8.97. The van der Waals surface area contributed by atoms with E-state index in [1.807, 2.05) is 89.6 Å². The Morgan fingerprint density at radius 1 is 0.828 bits per heavy atom. The number of rotatable bonds is 7. The van der Waals surface area contributed by atoms with Crippen molar-refractivity contribution in [1.29, 1.82) is 0 Å². The second-order valence-electron chi connectivity index (χ2n) is 6.70. The van der Waals surface area contributed by atoms with E-state index >= 15 is 0 Å². The number of imidazole rings is 1. The van der Waals surface area contributed by atoms with Crippen LogP contribution in [0.15, 0.2) is 97.5 Å². The summed E-state index contributed by atoms with van der Waals surface area (Å²) in [5, 5.41) is 3.09. The zero-order chi connectivity index (χ0) is 19.9. The molecule has 0 saturated heterocycles. The van der Waals surface area contributed by atoms with E-state index in [9.17, 15) is 4.79 Å². The Morgan fingerprint density at radius 3 is 2.10 bits per heavy atom. The number of hydrogen-bond acceptors (Lipinski definition) is 3. The molecule has 0 atom stereocenters. The van der Waals surface area contributed by atoms with E-state index in [2.05, 4.69) is 15.3 Å². The summed E-state index contributed by atoms with van der Waals surface area (Å²) in [6, 6.07) is 25.5.